The molecule has 0 saturated carbocycles. The molecule has 1 amide bonds. The predicted molar refractivity (Wildman–Crippen MR) is 107 cm³/mol. The maximum atomic E-state index is 12.6. The number of unbranched alkanes of at least 4 members (excludes halogenated alkanes) is 1. The van der Waals surface area contributed by atoms with Crippen molar-refractivity contribution in [3.8, 4) is 17.0 Å². The lowest BCUT2D eigenvalue weighted by Crippen LogP contribution is -2.26. The van der Waals surface area contributed by atoms with Crippen molar-refractivity contribution in [2.24, 2.45) is 0 Å². The summed E-state index contributed by atoms with van der Waals surface area (Å²) >= 11 is 0. The molecule has 0 radical (unpaired) electrons. The molecule has 27 heavy (non-hydrogen) atoms. The second-order valence-electron chi connectivity index (χ2n) is 6.50. The number of amides is 1. The zero-order valence-electron chi connectivity index (χ0n) is 15.9. The van der Waals surface area contributed by atoms with Crippen LogP contribution < -0.4 is 4.74 Å². The van der Waals surface area contributed by atoms with E-state index in [1.165, 1.54) is 0 Å². The van der Waals surface area contributed by atoms with Gasteiger partial charge in [0.05, 0.1) is 18.1 Å². The lowest BCUT2D eigenvalue weighted by atomic mass is 10.1. The van der Waals surface area contributed by atoms with E-state index in [1.807, 2.05) is 40.7 Å². The van der Waals surface area contributed by atoms with E-state index in [9.17, 15) is 4.79 Å². The van der Waals surface area contributed by atoms with Gasteiger partial charge in [-0.15, -0.1) is 0 Å². The van der Waals surface area contributed by atoms with Crippen molar-refractivity contribution >= 4 is 5.91 Å². The van der Waals surface area contributed by atoms with E-state index in [0.29, 0.717) is 24.0 Å². The minimum Gasteiger partial charge on any atom is -0.457 e. The molecule has 2 heterocycles. The van der Waals surface area contributed by atoms with E-state index in [4.69, 9.17) is 4.74 Å². The van der Waals surface area contributed by atoms with Crippen LogP contribution >= 0.6 is 0 Å². The SMILES string of the molecule is C=C/C=C(\C=C)Oc1ccc(-c2c(C)nc3n2CN(CCCC)C3=O)cc1. The zero-order chi connectivity index (χ0) is 19.4. The van der Waals surface area contributed by atoms with Crippen LogP contribution in [0.15, 0.2) is 61.4 Å². The molecule has 1 aromatic carbocycles. The molecule has 5 nitrogen and oxygen atoms in total. The van der Waals surface area contributed by atoms with Crippen molar-refractivity contribution in [3.05, 3.63) is 72.9 Å². The van der Waals surface area contributed by atoms with E-state index in [2.05, 4.69) is 25.1 Å². The van der Waals surface area contributed by atoms with Crippen LogP contribution in [0, 0.1) is 6.92 Å². The number of imidazole rings is 1. The van der Waals surface area contributed by atoms with Gasteiger partial charge in [-0.25, -0.2) is 4.98 Å². The molecule has 0 atom stereocenters. The molecular formula is C22H25N3O2. The van der Waals surface area contributed by atoms with Gasteiger partial charge < -0.3 is 14.2 Å². The zero-order valence-corrected chi connectivity index (χ0v) is 15.9. The number of aromatic nitrogens is 2. The van der Waals surface area contributed by atoms with Crippen LogP contribution in [0.5, 0.6) is 5.75 Å². The molecule has 0 unspecified atom stereocenters. The minimum absolute atomic E-state index is 0.0166. The number of carbonyl (C=O) groups is 1. The maximum absolute atomic E-state index is 12.6. The number of nitrogens with zero attached hydrogens (tertiary/aromatic N) is 3. The molecule has 0 fully saturated rings. The van der Waals surface area contributed by atoms with Gasteiger partial charge in [-0.05, 0) is 49.8 Å². The van der Waals surface area contributed by atoms with Crippen molar-refractivity contribution in [1.82, 2.24) is 14.5 Å². The molecule has 1 aliphatic heterocycles. The third-order valence-corrected chi connectivity index (χ3v) is 4.56. The van der Waals surface area contributed by atoms with Crippen molar-refractivity contribution in [2.45, 2.75) is 33.4 Å². The quantitative estimate of drug-likeness (QED) is 0.504. The highest BCUT2D eigenvalue weighted by molar-refractivity contribution is 5.94. The highest BCUT2D eigenvalue weighted by atomic mass is 16.5. The molecule has 2 aromatic rings. The third kappa shape index (κ3) is 3.72. The van der Waals surface area contributed by atoms with Gasteiger partial charge in [-0.2, -0.15) is 0 Å². The average molecular weight is 363 g/mol. The third-order valence-electron chi connectivity index (χ3n) is 4.56. The first-order valence-electron chi connectivity index (χ1n) is 9.18. The van der Waals surface area contributed by atoms with Gasteiger partial charge in [0.1, 0.15) is 11.5 Å². The molecule has 3 rings (SSSR count). The summed E-state index contributed by atoms with van der Waals surface area (Å²) in [6, 6.07) is 7.78. The topological polar surface area (TPSA) is 47.4 Å². The van der Waals surface area contributed by atoms with Crippen LogP contribution in [0.25, 0.3) is 11.3 Å². The van der Waals surface area contributed by atoms with Crippen molar-refractivity contribution in [1.29, 1.82) is 0 Å². The Morgan fingerprint density at radius 2 is 2.04 bits per heavy atom. The fourth-order valence-electron chi connectivity index (χ4n) is 3.21. The molecule has 0 saturated heterocycles. The maximum Gasteiger partial charge on any atom is 0.291 e. The smallest absolute Gasteiger partial charge is 0.291 e. The van der Waals surface area contributed by atoms with E-state index in [-0.39, 0.29) is 5.91 Å². The normalized spacial score (nSPS) is 13.6. The highest BCUT2D eigenvalue weighted by Crippen LogP contribution is 2.31. The Hall–Kier alpha value is -3.08. The first kappa shape index (κ1) is 18.7. The van der Waals surface area contributed by atoms with Crippen LogP contribution in [-0.2, 0) is 6.67 Å². The lowest BCUT2D eigenvalue weighted by Gasteiger charge is -2.15. The Balaban J connectivity index is 1.85. The summed E-state index contributed by atoms with van der Waals surface area (Å²) in [6.07, 6.45) is 7.12. The van der Waals surface area contributed by atoms with Gasteiger partial charge in [-0.3, -0.25) is 4.79 Å². The fourth-order valence-corrected chi connectivity index (χ4v) is 3.21. The Labute approximate surface area is 160 Å². The number of allylic oxidation sites excluding steroid dienone is 3. The van der Waals surface area contributed by atoms with Crippen LogP contribution in [0.2, 0.25) is 0 Å². The van der Waals surface area contributed by atoms with Crippen molar-refractivity contribution in [3.63, 3.8) is 0 Å². The number of carbonyl (C=O) groups excluding carboxylic acids is 1. The average Bonchev–Trinajstić information content (AvgIpc) is 3.15. The largest absolute Gasteiger partial charge is 0.457 e. The molecule has 1 aromatic heterocycles. The standard InChI is InChI=1S/C22H25N3O2/c1-5-8-14-24-15-25-20(16(4)23-21(25)22(24)26)17-10-12-19(13-11-17)27-18(7-3)9-6-2/h6-7,9-13H,2-3,5,8,14-15H2,1,4H3/b18-9+. The summed E-state index contributed by atoms with van der Waals surface area (Å²) in [7, 11) is 0. The summed E-state index contributed by atoms with van der Waals surface area (Å²) in [6.45, 7) is 12.8. The number of fused-ring (bicyclic) bond motifs is 1. The summed E-state index contributed by atoms with van der Waals surface area (Å²) in [5.41, 5.74) is 2.85. The highest BCUT2D eigenvalue weighted by Gasteiger charge is 2.32. The van der Waals surface area contributed by atoms with Gasteiger partial charge in [0, 0.05) is 12.1 Å². The number of benzene rings is 1. The van der Waals surface area contributed by atoms with Crippen LogP contribution in [-0.4, -0.2) is 26.9 Å². The van der Waals surface area contributed by atoms with Crippen LogP contribution in [0.1, 0.15) is 36.1 Å². The number of ether oxygens (including phenoxy) is 1. The van der Waals surface area contributed by atoms with Gasteiger partial charge in [0.25, 0.3) is 5.91 Å². The van der Waals surface area contributed by atoms with Gasteiger partial charge in [-0.1, -0.05) is 32.6 Å². The minimum atomic E-state index is 0.0166. The number of hydrogen-bond acceptors (Lipinski definition) is 3. The molecule has 0 aliphatic carbocycles. The predicted octanol–water partition coefficient (Wildman–Crippen LogP) is 4.71. The Morgan fingerprint density at radius 1 is 1.30 bits per heavy atom. The van der Waals surface area contributed by atoms with Gasteiger partial charge in [0.15, 0.2) is 0 Å². The lowest BCUT2D eigenvalue weighted by molar-refractivity contribution is 0.0763. The first-order chi connectivity index (χ1) is 13.1. The van der Waals surface area contributed by atoms with Crippen molar-refractivity contribution < 1.29 is 9.53 Å². The second-order valence-corrected chi connectivity index (χ2v) is 6.50. The molecule has 1 aliphatic rings. The van der Waals surface area contributed by atoms with Crippen LogP contribution in [0.3, 0.4) is 0 Å². The summed E-state index contributed by atoms with van der Waals surface area (Å²) in [5.74, 6) is 1.90. The van der Waals surface area contributed by atoms with Crippen LogP contribution in [0.4, 0.5) is 0 Å². The molecule has 0 bridgehead atoms. The van der Waals surface area contributed by atoms with E-state index >= 15 is 0 Å². The summed E-state index contributed by atoms with van der Waals surface area (Å²) < 4.78 is 7.77. The molecule has 0 spiro atoms. The second kappa shape index (κ2) is 8.08. The Morgan fingerprint density at radius 3 is 2.67 bits per heavy atom. The van der Waals surface area contributed by atoms with E-state index < -0.39 is 0 Å². The number of aryl methyl sites for hydroxylation is 1. The Kier molecular flexibility index (Phi) is 5.60. The van der Waals surface area contributed by atoms with Gasteiger partial charge >= 0.3 is 0 Å². The monoisotopic (exact) mass is 363 g/mol. The molecule has 0 N–H and O–H groups in total. The van der Waals surface area contributed by atoms with Crippen molar-refractivity contribution in [2.75, 3.05) is 6.54 Å². The molecular weight excluding hydrogens is 338 g/mol. The first-order valence-corrected chi connectivity index (χ1v) is 9.18. The fraction of sp³-hybridized carbons (Fsp3) is 0.273. The molecule has 5 heteroatoms. The van der Waals surface area contributed by atoms with E-state index in [1.54, 1.807) is 18.2 Å². The number of rotatable bonds is 8. The molecule has 140 valence electrons. The Bertz CT molecular complexity index is 891. The van der Waals surface area contributed by atoms with Gasteiger partial charge in [0.2, 0.25) is 5.82 Å². The summed E-state index contributed by atoms with van der Waals surface area (Å²) in [4.78, 5) is 19.0. The summed E-state index contributed by atoms with van der Waals surface area (Å²) in [5, 5.41) is 0. The number of hydrogen-bond donors (Lipinski definition) is 0. The van der Waals surface area contributed by atoms with E-state index in [0.717, 1.165) is 36.3 Å².